The maximum Gasteiger partial charge on any atom is 0.347 e. The van der Waals surface area contributed by atoms with Gasteiger partial charge in [-0.1, -0.05) is 12.2 Å². The van der Waals surface area contributed by atoms with E-state index >= 15 is 0 Å². The van der Waals surface area contributed by atoms with E-state index < -0.39 is 12.1 Å². The van der Waals surface area contributed by atoms with Crippen LogP contribution in [0.25, 0.3) is 0 Å². The first-order valence-electron chi connectivity index (χ1n) is 7.63. The van der Waals surface area contributed by atoms with E-state index in [9.17, 15) is 9.59 Å². The van der Waals surface area contributed by atoms with E-state index in [1.165, 1.54) is 6.92 Å². The zero-order valence-corrected chi connectivity index (χ0v) is 14.2. The van der Waals surface area contributed by atoms with Gasteiger partial charge in [0.2, 0.25) is 0 Å². The van der Waals surface area contributed by atoms with Crippen molar-refractivity contribution in [1.82, 2.24) is 4.90 Å². The maximum atomic E-state index is 12.0. The number of rotatable bonds is 8. The molecule has 1 rings (SSSR count). The summed E-state index contributed by atoms with van der Waals surface area (Å²) < 4.78 is 10.4. The Kier molecular flexibility index (Phi) is 7.50. The largest absolute Gasteiger partial charge is 0.479 e. The van der Waals surface area contributed by atoms with Crippen LogP contribution in [0.5, 0.6) is 5.75 Å². The Morgan fingerprint density at radius 1 is 1.33 bits per heavy atom. The minimum atomic E-state index is -0.859. The molecule has 0 N–H and O–H groups in total. The molecule has 0 aliphatic rings. The van der Waals surface area contributed by atoms with Crippen LogP contribution in [-0.2, 0) is 14.3 Å². The molecule has 0 saturated heterocycles. The van der Waals surface area contributed by atoms with Gasteiger partial charge in [0.25, 0.3) is 5.91 Å². The highest BCUT2D eigenvalue weighted by Gasteiger charge is 2.19. The Balaban J connectivity index is 2.49. The summed E-state index contributed by atoms with van der Waals surface area (Å²) >= 11 is 0. The summed E-state index contributed by atoms with van der Waals surface area (Å²) in [4.78, 5) is 25.5. The molecule has 0 radical (unpaired) electrons. The monoisotopic (exact) mass is 330 g/mol. The van der Waals surface area contributed by atoms with E-state index in [2.05, 4.69) is 6.58 Å². The minimum absolute atomic E-state index is 0.278. The summed E-state index contributed by atoms with van der Waals surface area (Å²) in [6, 6.07) is 8.37. The van der Waals surface area contributed by atoms with Gasteiger partial charge in [0, 0.05) is 13.1 Å². The van der Waals surface area contributed by atoms with E-state index in [-0.39, 0.29) is 12.5 Å². The van der Waals surface area contributed by atoms with E-state index in [1.54, 1.807) is 29.2 Å². The van der Waals surface area contributed by atoms with Crippen LogP contribution in [0, 0.1) is 11.3 Å². The highest BCUT2D eigenvalue weighted by molar-refractivity contribution is 5.82. The highest BCUT2D eigenvalue weighted by atomic mass is 16.6. The topological polar surface area (TPSA) is 79.6 Å². The third kappa shape index (κ3) is 6.13. The molecular weight excluding hydrogens is 308 g/mol. The van der Waals surface area contributed by atoms with Gasteiger partial charge in [-0.2, -0.15) is 5.26 Å². The molecule has 0 bridgehead atoms. The van der Waals surface area contributed by atoms with Gasteiger partial charge in [-0.3, -0.25) is 4.79 Å². The molecule has 1 aromatic rings. The van der Waals surface area contributed by atoms with Crippen LogP contribution in [0.4, 0.5) is 0 Å². The highest BCUT2D eigenvalue weighted by Crippen LogP contribution is 2.14. The SMILES string of the molecule is C=C(C)CN(CC)C(=O)COC(=O)C(C)Oc1ccc(C#N)cc1. The van der Waals surface area contributed by atoms with Gasteiger partial charge in [-0.25, -0.2) is 4.79 Å². The number of hydrogen-bond acceptors (Lipinski definition) is 5. The molecule has 1 amide bonds. The molecule has 128 valence electrons. The van der Waals surface area contributed by atoms with Crippen molar-refractivity contribution in [3.8, 4) is 11.8 Å². The van der Waals surface area contributed by atoms with Crippen LogP contribution >= 0.6 is 0 Å². The summed E-state index contributed by atoms with van der Waals surface area (Å²) in [6.07, 6.45) is -0.859. The van der Waals surface area contributed by atoms with Gasteiger partial charge in [0.1, 0.15) is 5.75 Å². The number of likely N-dealkylation sites (N-methyl/N-ethyl adjacent to an activating group) is 1. The van der Waals surface area contributed by atoms with Crippen molar-refractivity contribution in [3.63, 3.8) is 0 Å². The van der Waals surface area contributed by atoms with Crippen LogP contribution < -0.4 is 4.74 Å². The normalized spacial score (nSPS) is 11.1. The van der Waals surface area contributed by atoms with E-state index in [0.717, 1.165) is 5.57 Å². The van der Waals surface area contributed by atoms with Crippen molar-refractivity contribution in [1.29, 1.82) is 5.26 Å². The fraction of sp³-hybridized carbons (Fsp3) is 0.389. The van der Waals surface area contributed by atoms with Gasteiger partial charge in [0.05, 0.1) is 11.6 Å². The van der Waals surface area contributed by atoms with Crippen molar-refractivity contribution in [3.05, 3.63) is 42.0 Å². The summed E-state index contributed by atoms with van der Waals surface area (Å²) in [5, 5.41) is 8.73. The lowest BCUT2D eigenvalue weighted by molar-refractivity contribution is -0.157. The molecule has 24 heavy (non-hydrogen) atoms. The molecule has 0 saturated carbocycles. The summed E-state index contributed by atoms with van der Waals surface area (Å²) in [6.45, 7) is 9.60. The van der Waals surface area contributed by atoms with Crippen LogP contribution in [0.3, 0.4) is 0 Å². The Bertz CT molecular complexity index is 631. The van der Waals surface area contributed by atoms with Gasteiger partial charge < -0.3 is 14.4 Å². The second-order valence-electron chi connectivity index (χ2n) is 5.37. The Hall–Kier alpha value is -2.81. The molecule has 0 spiro atoms. The van der Waals surface area contributed by atoms with Crippen LogP contribution in [0.2, 0.25) is 0 Å². The number of benzene rings is 1. The standard InChI is InChI=1S/C18H22N2O4/c1-5-20(11-13(2)3)17(21)12-23-18(22)14(4)24-16-8-6-15(10-19)7-9-16/h6-9,14H,2,5,11-12H2,1,3-4H3. The predicted molar refractivity (Wildman–Crippen MR) is 89.3 cm³/mol. The second kappa shape index (κ2) is 9.36. The maximum absolute atomic E-state index is 12.0. The number of nitrogens with zero attached hydrogens (tertiary/aromatic N) is 2. The fourth-order valence-corrected chi connectivity index (χ4v) is 1.90. The lowest BCUT2D eigenvalue weighted by Crippen LogP contribution is -2.37. The van der Waals surface area contributed by atoms with Crippen LogP contribution in [-0.4, -0.2) is 42.6 Å². The van der Waals surface area contributed by atoms with Crippen LogP contribution in [0.1, 0.15) is 26.3 Å². The van der Waals surface area contributed by atoms with E-state index in [1.807, 2.05) is 19.9 Å². The third-order valence-corrected chi connectivity index (χ3v) is 3.16. The molecule has 0 aromatic heterocycles. The molecule has 0 aliphatic carbocycles. The lowest BCUT2D eigenvalue weighted by Gasteiger charge is -2.21. The fourth-order valence-electron chi connectivity index (χ4n) is 1.90. The molecule has 0 fully saturated rings. The number of ether oxygens (including phenoxy) is 2. The van der Waals surface area contributed by atoms with Gasteiger partial charge in [-0.15, -0.1) is 0 Å². The summed E-state index contributed by atoms with van der Waals surface area (Å²) in [5.41, 5.74) is 1.36. The van der Waals surface area contributed by atoms with E-state index in [0.29, 0.717) is 24.4 Å². The first-order chi connectivity index (χ1) is 11.4. The Labute approximate surface area is 142 Å². The zero-order valence-electron chi connectivity index (χ0n) is 14.2. The quantitative estimate of drug-likeness (QED) is 0.540. The predicted octanol–water partition coefficient (Wildman–Crippen LogP) is 2.29. The molecule has 6 heteroatoms. The van der Waals surface area contributed by atoms with E-state index in [4.69, 9.17) is 14.7 Å². The summed E-state index contributed by atoms with van der Waals surface area (Å²) in [7, 11) is 0. The van der Waals surface area contributed by atoms with Crippen molar-refractivity contribution in [2.45, 2.75) is 26.9 Å². The average Bonchev–Trinajstić information content (AvgIpc) is 2.57. The molecule has 1 unspecified atom stereocenters. The molecule has 0 heterocycles. The number of nitriles is 1. The molecular formula is C18H22N2O4. The molecule has 6 nitrogen and oxygen atoms in total. The van der Waals surface area contributed by atoms with Crippen LogP contribution in [0.15, 0.2) is 36.4 Å². The second-order valence-corrected chi connectivity index (χ2v) is 5.37. The average molecular weight is 330 g/mol. The molecule has 1 atom stereocenters. The first-order valence-corrected chi connectivity index (χ1v) is 7.63. The van der Waals surface area contributed by atoms with Gasteiger partial charge in [0.15, 0.2) is 12.7 Å². The van der Waals surface area contributed by atoms with Crippen molar-refractivity contribution < 1.29 is 19.1 Å². The smallest absolute Gasteiger partial charge is 0.347 e. The third-order valence-electron chi connectivity index (χ3n) is 3.16. The van der Waals surface area contributed by atoms with Gasteiger partial charge in [-0.05, 0) is 45.0 Å². The van der Waals surface area contributed by atoms with Crippen molar-refractivity contribution >= 4 is 11.9 Å². The lowest BCUT2D eigenvalue weighted by atomic mass is 10.2. The molecule has 1 aromatic carbocycles. The Morgan fingerprint density at radius 3 is 2.46 bits per heavy atom. The number of hydrogen-bond donors (Lipinski definition) is 0. The number of esters is 1. The molecule has 0 aliphatic heterocycles. The van der Waals surface area contributed by atoms with Crippen molar-refractivity contribution in [2.75, 3.05) is 19.7 Å². The summed E-state index contributed by atoms with van der Waals surface area (Å²) in [5.74, 6) is -0.458. The van der Waals surface area contributed by atoms with Gasteiger partial charge >= 0.3 is 5.97 Å². The number of carbonyl (C=O) groups excluding carboxylic acids is 2. The Morgan fingerprint density at radius 2 is 1.96 bits per heavy atom. The number of amides is 1. The number of carbonyl (C=O) groups is 2. The first kappa shape index (κ1) is 19.2. The van der Waals surface area contributed by atoms with Crippen molar-refractivity contribution in [2.24, 2.45) is 0 Å². The minimum Gasteiger partial charge on any atom is -0.479 e. The zero-order chi connectivity index (χ0) is 18.1.